The van der Waals surface area contributed by atoms with Crippen LogP contribution in [0, 0.1) is 17.6 Å². The quantitative estimate of drug-likeness (QED) is 0.874. The summed E-state index contributed by atoms with van der Waals surface area (Å²) >= 11 is 1.28. The number of hydrogen-bond donors (Lipinski definition) is 2. The highest BCUT2D eigenvalue weighted by Crippen LogP contribution is 2.26. The van der Waals surface area contributed by atoms with Gasteiger partial charge in [0.2, 0.25) is 0 Å². The van der Waals surface area contributed by atoms with Gasteiger partial charge in [-0.3, -0.25) is 10.1 Å². The zero-order valence-electron chi connectivity index (χ0n) is 14.3. The molecule has 134 valence electrons. The Balaban J connectivity index is 1.64. The topological polar surface area (TPSA) is 46.4 Å². The lowest BCUT2D eigenvalue weighted by atomic mass is 9.98. The first kappa shape index (κ1) is 17.9. The maximum Gasteiger partial charge on any atom is 0.284 e. The van der Waals surface area contributed by atoms with Gasteiger partial charge < -0.3 is 4.90 Å². The summed E-state index contributed by atoms with van der Waals surface area (Å²) in [6.07, 6.45) is 2.29. The van der Waals surface area contributed by atoms with Gasteiger partial charge in [0.25, 0.3) is 5.91 Å². The standard InChI is InChI=1S/C18H21F2N3OS/c1-11-5-7-23(8-6-11)12(2)17(24)22-18-21-16(10-25-18)13-3-4-14(19)15(20)9-13/h3-4,9-12H,5-8H2,1-2H3,(H,21,22,24)/p+1/t12-/m0/s1. The number of halogens is 2. The van der Waals surface area contributed by atoms with Crippen LogP contribution in [0.5, 0.6) is 0 Å². The fourth-order valence-electron chi connectivity index (χ4n) is 3.08. The molecule has 1 aliphatic rings. The molecule has 2 aromatic rings. The number of benzene rings is 1. The molecule has 7 heteroatoms. The maximum absolute atomic E-state index is 13.3. The molecular formula is C18H22F2N3OS+. The van der Waals surface area contributed by atoms with E-state index in [4.69, 9.17) is 0 Å². The molecule has 3 rings (SSSR count). The van der Waals surface area contributed by atoms with Crippen LogP contribution in [0.4, 0.5) is 13.9 Å². The molecule has 1 fully saturated rings. The second-order valence-corrected chi connectivity index (χ2v) is 7.58. The number of thiazole rings is 1. The van der Waals surface area contributed by atoms with E-state index in [1.807, 2.05) is 6.92 Å². The van der Waals surface area contributed by atoms with E-state index in [0.717, 1.165) is 44.0 Å². The van der Waals surface area contributed by atoms with Gasteiger partial charge in [0.05, 0.1) is 18.8 Å². The van der Waals surface area contributed by atoms with Gasteiger partial charge >= 0.3 is 0 Å². The van der Waals surface area contributed by atoms with E-state index in [9.17, 15) is 13.6 Å². The number of carbonyl (C=O) groups is 1. The minimum Gasteiger partial charge on any atom is -0.325 e. The second-order valence-electron chi connectivity index (χ2n) is 6.72. The number of carbonyl (C=O) groups excluding carboxylic acids is 1. The molecule has 1 aliphatic heterocycles. The van der Waals surface area contributed by atoms with E-state index in [1.165, 1.54) is 22.3 Å². The Morgan fingerprint density at radius 2 is 2.04 bits per heavy atom. The van der Waals surface area contributed by atoms with Crippen molar-refractivity contribution in [3.05, 3.63) is 35.2 Å². The van der Waals surface area contributed by atoms with Gasteiger partial charge in [0.1, 0.15) is 0 Å². The highest BCUT2D eigenvalue weighted by Gasteiger charge is 2.29. The van der Waals surface area contributed by atoms with Gasteiger partial charge in [0, 0.05) is 10.9 Å². The largest absolute Gasteiger partial charge is 0.325 e. The molecule has 4 nitrogen and oxygen atoms in total. The predicted octanol–water partition coefficient (Wildman–Crippen LogP) is 2.73. The monoisotopic (exact) mass is 366 g/mol. The maximum atomic E-state index is 13.3. The summed E-state index contributed by atoms with van der Waals surface area (Å²) in [4.78, 5) is 18.1. The van der Waals surface area contributed by atoms with Crippen LogP contribution in [0.1, 0.15) is 26.7 Å². The first-order valence-electron chi connectivity index (χ1n) is 8.50. The first-order valence-corrected chi connectivity index (χ1v) is 9.38. The number of quaternary nitrogens is 1. The molecule has 0 radical (unpaired) electrons. The van der Waals surface area contributed by atoms with Crippen molar-refractivity contribution in [3.63, 3.8) is 0 Å². The van der Waals surface area contributed by atoms with Crippen LogP contribution in [-0.4, -0.2) is 30.0 Å². The average molecular weight is 366 g/mol. The minimum atomic E-state index is -0.910. The molecule has 25 heavy (non-hydrogen) atoms. The molecular weight excluding hydrogens is 344 g/mol. The van der Waals surface area contributed by atoms with Crippen molar-refractivity contribution in [1.82, 2.24) is 4.98 Å². The molecule has 0 saturated carbocycles. The predicted molar refractivity (Wildman–Crippen MR) is 94.7 cm³/mol. The van der Waals surface area contributed by atoms with Crippen LogP contribution >= 0.6 is 11.3 Å². The van der Waals surface area contributed by atoms with Gasteiger partial charge in [-0.1, -0.05) is 6.92 Å². The van der Waals surface area contributed by atoms with Crippen molar-refractivity contribution < 1.29 is 18.5 Å². The van der Waals surface area contributed by atoms with Crippen LogP contribution in [0.25, 0.3) is 11.3 Å². The number of nitrogens with one attached hydrogen (secondary N) is 2. The van der Waals surface area contributed by atoms with E-state index in [1.54, 1.807) is 5.38 Å². The number of hydrogen-bond acceptors (Lipinski definition) is 3. The summed E-state index contributed by atoms with van der Waals surface area (Å²) < 4.78 is 26.4. The fraction of sp³-hybridized carbons (Fsp3) is 0.444. The van der Waals surface area contributed by atoms with E-state index >= 15 is 0 Å². The van der Waals surface area contributed by atoms with E-state index in [-0.39, 0.29) is 11.9 Å². The fourth-order valence-corrected chi connectivity index (χ4v) is 3.81. The third-order valence-electron chi connectivity index (χ3n) is 4.87. The summed E-state index contributed by atoms with van der Waals surface area (Å²) in [6.45, 7) is 6.20. The smallest absolute Gasteiger partial charge is 0.284 e. The van der Waals surface area contributed by atoms with Gasteiger partial charge in [-0.15, -0.1) is 11.3 Å². The van der Waals surface area contributed by atoms with Gasteiger partial charge in [0.15, 0.2) is 22.8 Å². The van der Waals surface area contributed by atoms with Crippen molar-refractivity contribution in [1.29, 1.82) is 0 Å². The zero-order chi connectivity index (χ0) is 18.0. The zero-order valence-corrected chi connectivity index (χ0v) is 15.1. The Labute approximate surface area is 149 Å². The first-order chi connectivity index (χ1) is 11.9. The van der Waals surface area contributed by atoms with Crippen LogP contribution < -0.4 is 10.2 Å². The highest BCUT2D eigenvalue weighted by atomic mass is 32.1. The van der Waals surface area contributed by atoms with E-state index in [0.29, 0.717) is 16.4 Å². The van der Waals surface area contributed by atoms with Crippen molar-refractivity contribution in [2.24, 2.45) is 5.92 Å². The lowest BCUT2D eigenvalue weighted by Crippen LogP contribution is -3.17. The van der Waals surface area contributed by atoms with Gasteiger partial charge in [-0.05, 0) is 43.9 Å². The molecule has 0 spiro atoms. The summed E-state index contributed by atoms with van der Waals surface area (Å²) in [5, 5.41) is 5.04. The number of rotatable bonds is 4. The van der Waals surface area contributed by atoms with Gasteiger partial charge in [-0.25, -0.2) is 13.8 Å². The Bertz CT molecular complexity index is 757. The van der Waals surface area contributed by atoms with E-state index in [2.05, 4.69) is 17.2 Å². The average Bonchev–Trinajstić information content (AvgIpc) is 3.06. The summed E-state index contributed by atoms with van der Waals surface area (Å²) in [5.74, 6) is -1.12. The molecule has 1 amide bonds. The van der Waals surface area contributed by atoms with Crippen LogP contribution in [0.15, 0.2) is 23.6 Å². The van der Waals surface area contributed by atoms with Crippen molar-refractivity contribution >= 4 is 22.4 Å². The third-order valence-corrected chi connectivity index (χ3v) is 5.63. The highest BCUT2D eigenvalue weighted by molar-refractivity contribution is 7.14. The number of likely N-dealkylation sites (tertiary alicyclic amines) is 1. The number of aromatic nitrogens is 1. The Kier molecular flexibility index (Phi) is 5.44. The molecule has 1 aromatic carbocycles. The molecule has 1 saturated heterocycles. The Morgan fingerprint density at radius 3 is 2.72 bits per heavy atom. The van der Waals surface area contributed by atoms with Crippen LogP contribution in [-0.2, 0) is 4.79 Å². The SMILES string of the molecule is CC1CC[NH+]([C@@H](C)C(=O)Nc2nc(-c3ccc(F)c(F)c3)cs2)CC1. The molecule has 0 aliphatic carbocycles. The normalized spacial score (nSPS) is 21.8. The molecule has 1 aromatic heterocycles. The third kappa shape index (κ3) is 4.22. The van der Waals surface area contributed by atoms with Crippen molar-refractivity contribution in [3.8, 4) is 11.3 Å². The number of piperidine rings is 1. The summed E-state index contributed by atoms with van der Waals surface area (Å²) in [6, 6.07) is 3.52. The molecule has 0 unspecified atom stereocenters. The number of nitrogens with zero attached hydrogens (tertiary/aromatic N) is 1. The summed E-state index contributed by atoms with van der Waals surface area (Å²) in [5.41, 5.74) is 1.00. The van der Waals surface area contributed by atoms with Crippen molar-refractivity contribution in [2.45, 2.75) is 32.7 Å². The van der Waals surface area contributed by atoms with Crippen LogP contribution in [0.2, 0.25) is 0 Å². The Morgan fingerprint density at radius 1 is 1.32 bits per heavy atom. The summed E-state index contributed by atoms with van der Waals surface area (Å²) in [7, 11) is 0. The minimum absolute atomic E-state index is 0.0595. The number of anilines is 1. The van der Waals surface area contributed by atoms with Crippen LogP contribution in [0.3, 0.4) is 0 Å². The van der Waals surface area contributed by atoms with E-state index < -0.39 is 11.6 Å². The van der Waals surface area contributed by atoms with Gasteiger partial charge in [-0.2, -0.15) is 0 Å². The Hall–Kier alpha value is -1.86. The molecule has 2 N–H and O–H groups in total. The molecule has 0 bridgehead atoms. The lowest BCUT2D eigenvalue weighted by Gasteiger charge is -2.31. The molecule has 1 atom stereocenters. The number of amides is 1. The molecule has 2 heterocycles. The van der Waals surface area contributed by atoms with Crippen molar-refractivity contribution in [2.75, 3.05) is 18.4 Å². The second kappa shape index (κ2) is 7.58. The lowest BCUT2D eigenvalue weighted by molar-refractivity contribution is -0.919.